The van der Waals surface area contributed by atoms with Gasteiger partial charge < -0.3 is 15.3 Å². The van der Waals surface area contributed by atoms with Crippen molar-refractivity contribution in [3.8, 4) is 5.75 Å². The summed E-state index contributed by atoms with van der Waals surface area (Å²) >= 11 is 0. The number of aromatic nitrogens is 1. The van der Waals surface area contributed by atoms with E-state index in [1.54, 1.807) is 13.1 Å². The second kappa shape index (κ2) is 5.31. The van der Waals surface area contributed by atoms with Crippen LogP contribution in [0.25, 0.3) is 0 Å². The van der Waals surface area contributed by atoms with Crippen LogP contribution in [0.2, 0.25) is 0 Å². The van der Waals surface area contributed by atoms with Crippen molar-refractivity contribution in [2.75, 3.05) is 27.2 Å². The van der Waals surface area contributed by atoms with Crippen molar-refractivity contribution in [1.82, 2.24) is 15.2 Å². The van der Waals surface area contributed by atoms with Gasteiger partial charge in [-0.1, -0.05) is 0 Å². The molecule has 5 heteroatoms. The van der Waals surface area contributed by atoms with Crippen LogP contribution < -0.4 is 5.32 Å². The molecular formula is C10H15N3O2. The Morgan fingerprint density at radius 2 is 2.40 bits per heavy atom. The van der Waals surface area contributed by atoms with Gasteiger partial charge >= 0.3 is 0 Å². The number of hydrogen-bond acceptors (Lipinski definition) is 4. The molecule has 0 aromatic carbocycles. The van der Waals surface area contributed by atoms with E-state index in [0.29, 0.717) is 13.1 Å². The number of carbonyl (C=O) groups is 1. The van der Waals surface area contributed by atoms with Gasteiger partial charge in [0.2, 0.25) is 0 Å². The highest BCUT2D eigenvalue weighted by molar-refractivity contribution is 5.94. The lowest BCUT2D eigenvalue weighted by Crippen LogP contribution is -2.33. The van der Waals surface area contributed by atoms with E-state index in [1.807, 2.05) is 7.05 Å². The predicted molar refractivity (Wildman–Crippen MR) is 56.8 cm³/mol. The fourth-order valence-corrected chi connectivity index (χ4v) is 1.12. The minimum absolute atomic E-state index is 0.0844. The molecule has 0 saturated carbocycles. The molecule has 1 aromatic rings. The van der Waals surface area contributed by atoms with Crippen LogP contribution in [0.3, 0.4) is 0 Å². The predicted octanol–water partition coefficient (Wildman–Crippen LogP) is 0.0786. The molecule has 5 nitrogen and oxygen atoms in total. The minimum atomic E-state index is -0.275. The van der Waals surface area contributed by atoms with E-state index in [4.69, 9.17) is 0 Å². The second-order valence-electron chi connectivity index (χ2n) is 3.20. The molecule has 1 rings (SSSR count). The third kappa shape index (κ3) is 2.92. The molecule has 0 bridgehead atoms. The van der Waals surface area contributed by atoms with Gasteiger partial charge in [-0.3, -0.25) is 4.79 Å². The quantitative estimate of drug-likeness (QED) is 0.737. The summed E-state index contributed by atoms with van der Waals surface area (Å²) in [6.45, 7) is 1.28. The Balaban J connectivity index is 2.72. The molecule has 0 fully saturated rings. The van der Waals surface area contributed by atoms with E-state index in [1.165, 1.54) is 17.2 Å². The smallest absolute Gasteiger partial charge is 0.276 e. The topological polar surface area (TPSA) is 65.5 Å². The number of rotatable bonds is 4. The number of amides is 1. The average molecular weight is 209 g/mol. The number of pyridine rings is 1. The lowest BCUT2D eigenvalue weighted by Gasteiger charge is -2.16. The molecule has 0 aliphatic rings. The Kier molecular flexibility index (Phi) is 4.05. The summed E-state index contributed by atoms with van der Waals surface area (Å²) in [6.07, 6.45) is 1.48. The molecule has 0 spiro atoms. The van der Waals surface area contributed by atoms with Crippen LogP contribution in [0.4, 0.5) is 0 Å². The zero-order valence-corrected chi connectivity index (χ0v) is 8.90. The first-order valence-electron chi connectivity index (χ1n) is 4.71. The van der Waals surface area contributed by atoms with Crippen LogP contribution in [0.15, 0.2) is 18.3 Å². The fraction of sp³-hybridized carbons (Fsp3) is 0.400. The molecule has 0 radical (unpaired) electrons. The van der Waals surface area contributed by atoms with Gasteiger partial charge in [0.05, 0.1) is 0 Å². The summed E-state index contributed by atoms with van der Waals surface area (Å²) in [4.78, 5) is 17.1. The van der Waals surface area contributed by atoms with Gasteiger partial charge in [0, 0.05) is 26.3 Å². The molecule has 0 aliphatic carbocycles. The normalized spacial score (nSPS) is 10.0. The van der Waals surface area contributed by atoms with Crippen LogP contribution in [0, 0.1) is 0 Å². The van der Waals surface area contributed by atoms with E-state index >= 15 is 0 Å². The lowest BCUT2D eigenvalue weighted by molar-refractivity contribution is 0.0788. The lowest BCUT2D eigenvalue weighted by atomic mass is 10.3. The van der Waals surface area contributed by atoms with Gasteiger partial charge in [0.25, 0.3) is 5.91 Å². The molecule has 1 aromatic heterocycles. The number of nitrogens with one attached hydrogen (secondary N) is 1. The number of likely N-dealkylation sites (N-methyl/N-ethyl adjacent to an activating group) is 2. The molecule has 1 heterocycles. The minimum Gasteiger partial charge on any atom is -0.505 e. The maximum atomic E-state index is 11.7. The Bertz CT molecular complexity index is 341. The van der Waals surface area contributed by atoms with E-state index in [9.17, 15) is 9.90 Å². The largest absolute Gasteiger partial charge is 0.505 e. The van der Waals surface area contributed by atoms with E-state index in [-0.39, 0.29) is 17.4 Å². The van der Waals surface area contributed by atoms with Crippen LogP contribution >= 0.6 is 0 Å². The van der Waals surface area contributed by atoms with Gasteiger partial charge in [0.15, 0.2) is 5.69 Å². The van der Waals surface area contributed by atoms with Crippen molar-refractivity contribution in [2.24, 2.45) is 0 Å². The molecule has 2 N–H and O–H groups in total. The molecule has 15 heavy (non-hydrogen) atoms. The second-order valence-corrected chi connectivity index (χ2v) is 3.20. The van der Waals surface area contributed by atoms with Gasteiger partial charge in [-0.2, -0.15) is 0 Å². The van der Waals surface area contributed by atoms with Crippen molar-refractivity contribution in [1.29, 1.82) is 0 Å². The standard InChI is InChI=1S/C10H15N3O2/c1-11-6-7-13(2)10(15)9-8(14)4-3-5-12-9/h3-5,11,14H,6-7H2,1-2H3. The SMILES string of the molecule is CNCCN(C)C(=O)c1ncccc1O. The monoisotopic (exact) mass is 209 g/mol. The molecule has 82 valence electrons. The van der Waals surface area contributed by atoms with Crippen LogP contribution in [-0.4, -0.2) is 48.1 Å². The van der Waals surface area contributed by atoms with E-state index in [2.05, 4.69) is 10.3 Å². The molecule has 0 atom stereocenters. The summed E-state index contributed by atoms with van der Waals surface area (Å²) in [5, 5.41) is 12.4. The first kappa shape index (κ1) is 11.5. The summed E-state index contributed by atoms with van der Waals surface area (Å²) < 4.78 is 0. The average Bonchev–Trinajstić information content (AvgIpc) is 2.25. The Morgan fingerprint density at radius 1 is 1.67 bits per heavy atom. The summed E-state index contributed by atoms with van der Waals surface area (Å²) in [5.74, 6) is -0.359. The number of aromatic hydroxyl groups is 1. The van der Waals surface area contributed by atoms with Crippen LogP contribution in [0.1, 0.15) is 10.5 Å². The zero-order chi connectivity index (χ0) is 11.3. The van der Waals surface area contributed by atoms with Gasteiger partial charge in [-0.25, -0.2) is 4.98 Å². The zero-order valence-electron chi connectivity index (χ0n) is 8.90. The van der Waals surface area contributed by atoms with E-state index < -0.39 is 0 Å². The van der Waals surface area contributed by atoms with Crippen molar-refractivity contribution in [2.45, 2.75) is 0 Å². The van der Waals surface area contributed by atoms with Crippen molar-refractivity contribution >= 4 is 5.91 Å². The van der Waals surface area contributed by atoms with Crippen LogP contribution in [-0.2, 0) is 0 Å². The molecule has 1 amide bonds. The Labute approximate surface area is 88.7 Å². The van der Waals surface area contributed by atoms with Gasteiger partial charge in [0.1, 0.15) is 5.75 Å². The van der Waals surface area contributed by atoms with Crippen LogP contribution in [0.5, 0.6) is 5.75 Å². The molecular weight excluding hydrogens is 194 g/mol. The summed E-state index contributed by atoms with van der Waals surface area (Å²) in [7, 11) is 3.49. The third-order valence-corrected chi connectivity index (χ3v) is 2.03. The summed E-state index contributed by atoms with van der Waals surface area (Å²) in [6, 6.07) is 3.03. The maximum absolute atomic E-state index is 11.7. The summed E-state index contributed by atoms with van der Waals surface area (Å²) in [5.41, 5.74) is 0.0936. The van der Waals surface area contributed by atoms with Crippen molar-refractivity contribution in [3.63, 3.8) is 0 Å². The molecule has 0 unspecified atom stereocenters. The highest BCUT2D eigenvalue weighted by Gasteiger charge is 2.15. The van der Waals surface area contributed by atoms with E-state index in [0.717, 1.165) is 0 Å². The maximum Gasteiger partial charge on any atom is 0.276 e. The fourth-order valence-electron chi connectivity index (χ4n) is 1.12. The first-order chi connectivity index (χ1) is 7.16. The third-order valence-electron chi connectivity index (χ3n) is 2.03. The molecule has 0 aliphatic heterocycles. The van der Waals surface area contributed by atoms with Crippen molar-refractivity contribution in [3.05, 3.63) is 24.0 Å². The highest BCUT2D eigenvalue weighted by atomic mass is 16.3. The Morgan fingerprint density at radius 3 is 3.00 bits per heavy atom. The number of hydrogen-bond donors (Lipinski definition) is 2. The highest BCUT2D eigenvalue weighted by Crippen LogP contribution is 2.13. The number of nitrogens with zero attached hydrogens (tertiary/aromatic N) is 2. The van der Waals surface area contributed by atoms with Gasteiger partial charge in [-0.05, 0) is 19.2 Å². The Hall–Kier alpha value is -1.62. The molecule has 0 saturated heterocycles. The van der Waals surface area contributed by atoms with Gasteiger partial charge in [-0.15, -0.1) is 0 Å². The first-order valence-corrected chi connectivity index (χ1v) is 4.71. The van der Waals surface area contributed by atoms with Crippen molar-refractivity contribution < 1.29 is 9.90 Å². The number of carbonyl (C=O) groups excluding carboxylic acids is 1.